The number of aryl methyl sites for hydroxylation is 5. The Morgan fingerprint density at radius 2 is 1.68 bits per heavy atom. The topological polar surface area (TPSA) is 82.8 Å². The van der Waals surface area contributed by atoms with Crippen molar-refractivity contribution in [3.05, 3.63) is 58.0 Å². The predicted octanol–water partition coefficient (Wildman–Crippen LogP) is 2.99. The van der Waals surface area contributed by atoms with Gasteiger partial charge in [-0.15, -0.1) is 0 Å². The molecule has 2 aromatic heterocycles. The summed E-state index contributed by atoms with van der Waals surface area (Å²) in [5, 5.41) is 7.57. The highest BCUT2D eigenvalue weighted by atomic mass is 16.2. The van der Waals surface area contributed by atoms with Gasteiger partial charge in [0, 0.05) is 55.7 Å². The second-order valence-corrected chi connectivity index (χ2v) is 9.29. The molecule has 0 saturated carbocycles. The SMILES string of the molecule is Cc1cc2nc(C)c(CCC(=O)N3CCN(CC(=O)Nc4c(C)cccc4C)CC3)c(C)n2n1. The number of hydrogen-bond donors (Lipinski definition) is 1. The summed E-state index contributed by atoms with van der Waals surface area (Å²) in [7, 11) is 0. The minimum absolute atomic E-state index is 0.0140. The Balaban J connectivity index is 1.28. The molecular weight excluding hydrogens is 428 g/mol. The molecule has 1 aliphatic rings. The molecule has 0 aliphatic carbocycles. The lowest BCUT2D eigenvalue weighted by atomic mass is 10.1. The molecule has 1 aliphatic heterocycles. The van der Waals surface area contributed by atoms with Gasteiger partial charge in [-0.05, 0) is 57.7 Å². The number of carbonyl (C=O) groups is 2. The number of aromatic nitrogens is 3. The normalized spacial score (nSPS) is 14.6. The van der Waals surface area contributed by atoms with Crippen molar-refractivity contribution >= 4 is 23.1 Å². The third-order valence-corrected chi connectivity index (χ3v) is 6.71. The average molecular weight is 463 g/mol. The van der Waals surface area contributed by atoms with E-state index in [1.54, 1.807) is 0 Å². The van der Waals surface area contributed by atoms with E-state index in [2.05, 4.69) is 20.3 Å². The third-order valence-electron chi connectivity index (χ3n) is 6.71. The van der Waals surface area contributed by atoms with Gasteiger partial charge in [0.15, 0.2) is 5.65 Å². The van der Waals surface area contributed by atoms with E-state index in [-0.39, 0.29) is 11.8 Å². The number of benzene rings is 1. The van der Waals surface area contributed by atoms with Gasteiger partial charge in [-0.25, -0.2) is 9.50 Å². The molecule has 2 amide bonds. The van der Waals surface area contributed by atoms with Gasteiger partial charge in [-0.3, -0.25) is 14.5 Å². The molecule has 8 heteroatoms. The Morgan fingerprint density at radius 1 is 1.00 bits per heavy atom. The molecule has 1 saturated heterocycles. The number of nitrogens with zero attached hydrogens (tertiary/aromatic N) is 5. The van der Waals surface area contributed by atoms with Crippen molar-refractivity contribution in [1.29, 1.82) is 0 Å². The standard InChI is InChI=1S/C26H34N6O2/c1-17-7-6-8-18(2)26(17)28-24(33)16-30-11-13-31(14-12-30)25(34)10-9-22-20(4)27-23-15-19(3)29-32(23)21(22)5/h6-8,15H,9-14,16H2,1-5H3,(H,28,33). The summed E-state index contributed by atoms with van der Waals surface area (Å²) in [5.41, 5.74) is 7.89. The highest BCUT2D eigenvalue weighted by Gasteiger charge is 2.23. The number of rotatable bonds is 6. The Morgan fingerprint density at radius 3 is 2.35 bits per heavy atom. The first-order valence-electron chi connectivity index (χ1n) is 11.9. The van der Waals surface area contributed by atoms with Crippen LogP contribution in [0.25, 0.3) is 5.65 Å². The van der Waals surface area contributed by atoms with Crippen molar-refractivity contribution in [3.63, 3.8) is 0 Å². The van der Waals surface area contributed by atoms with Crippen molar-refractivity contribution in [2.75, 3.05) is 38.0 Å². The van der Waals surface area contributed by atoms with Crippen molar-refractivity contribution in [1.82, 2.24) is 24.4 Å². The number of hydrogen-bond acceptors (Lipinski definition) is 5. The van der Waals surface area contributed by atoms with Gasteiger partial charge in [0.05, 0.1) is 12.2 Å². The maximum absolute atomic E-state index is 12.9. The summed E-state index contributed by atoms with van der Waals surface area (Å²) < 4.78 is 1.87. The van der Waals surface area contributed by atoms with Crippen LogP contribution >= 0.6 is 0 Å². The molecular formula is C26H34N6O2. The van der Waals surface area contributed by atoms with E-state index < -0.39 is 0 Å². The van der Waals surface area contributed by atoms with Crippen LogP contribution in [-0.4, -0.2) is 68.9 Å². The molecule has 0 spiro atoms. The lowest BCUT2D eigenvalue weighted by Crippen LogP contribution is -2.50. The van der Waals surface area contributed by atoms with Crippen LogP contribution in [0.2, 0.25) is 0 Å². The number of anilines is 1. The Bertz CT molecular complexity index is 1200. The first-order valence-corrected chi connectivity index (χ1v) is 11.9. The molecule has 0 radical (unpaired) electrons. The molecule has 0 unspecified atom stereocenters. The second-order valence-electron chi connectivity index (χ2n) is 9.29. The molecule has 1 N–H and O–H groups in total. The molecule has 4 rings (SSSR count). The first-order chi connectivity index (χ1) is 16.2. The van der Waals surface area contributed by atoms with Crippen LogP contribution in [0.4, 0.5) is 5.69 Å². The maximum Gasteiger partial charge on any atom is 0.238 e. The van der Waals surface area contributed by atoms with Gasteiger partial charge < -0.3 is 10.2 Å². The average Bonchev–Trinajstić information content (AvgIpc) is 3.17. The zero-order valence-corrected chi connectivity index (χ0v) is 20.8. The van der Waals surface area contributed by atoms with E-state index in [1.807, 2.05) is 68.3 Å². The van der Waals surface area contributed by atoms with Crippen LogP contribution in [0.15, 0.2) is 24.3 Å². The van der Waals surface area contributed by atoms with Gasteiger partial charge in [0.25, 0.3) is 0 Å². The Labute approximate surface area is 201 Å². The summed E-state index contributed by atoms with van der Waals surface area (Å²) in [5.74, 6) is 0.134. The van der Waals surface area contributed by atoms with Crippen molar-refractivity contribution in [3.8, 4) is 0 Å². The molecule has 1 fully saturated rings. The fourth-order valence-electron chi connectivity index (χ4n) is 4.74. The van der Waals surface area contributed by atoms with Gasteiger partial charge in [0.2, 0.25) is 11.8 Å². The molecule has 1 aromatic carbocycles. The van der Waals surface area contributed by atoms with Crippen LogP contribution in [0.5, 0.6) is 0 Å². The Kier molecular flexibility index (Phi) is 6.97. The van der Waals surface area contributed by atoms with Crippen molar-refractivity contribution in [2.45, 2.75) is 47.5 Å². The van der Waals surface area contributed by atoms with Crippen LogP contribution in [-0.2, 0) is 16.0 Å². The quantitative estimate of drug-likeness (QED) is 0.609. The van der Waals surface area contributed by atoms with E-state index in [4.69, 9.17) is 0 Å². The number of para-hydroxylation sites is 1. The van der Waals surface area contributed by atoms with Gasteiger partial charge in [-0.2, -0.15) is 5.10 Å². The maximum atomic E-state index is 12.9. The first kappa shape index (κ1) is 23.9. The second kappa shape index (κ2) is 9.93. The summed E-state index contributed by atoms with van der Waals surface area (Å²) in [6, 6.07) is 7.96. The summed E-state index contributed by atoms with van der Waals surface area (Å²) >= 11 is 0. The van der Waals surface area contributed by atoms with E-state index in [1.165, 1.54) is 0 Å². The number of amides is 2. The number of fused-ring (bicyclic) bond motifs is 1. The molecule has 180 valence electrons. The fourth-order valence-corrected chi connectivity index (χ4v) is 4.74. The Hall–Kier alpha value is -3.26. The molecule has 0 bridgehead atoms. The highest BCUT2D eigenvalue weighted by Crippen LogP contribution is 2.20. The molecule has 0 atom stereocenters. The van der Waals surface area contributed by atoms with Crippen LogP contribution in [0.1, 0.15) is 40.2 Å². The van der Waals surface area contributed by atoms with Crippen molar-refractivity contribution in [2.24, 2.45) is 0 Å². The lowest BCUT2D eigenvalue weighted by Gasteiger charge is -2.34. The zero-order valence-electron chi connectivity index (χ0n) is 20.8. The minimum Gasteiger partial charge on any atom is -0.340 e. The lowest BCUT2D eigenvalue weighted by molar-refractivity contribution is -0.133. The molecule has 8 nitrogen and oxygen atoms in total. The molecule has 34 heavy (non-hydrogen) atoms. The summed E-state index contributed by atoms with van der Waals surface area (Å²) in [6.45, 7) is 13.0. The number of piperazine rings is 1. The van der Waals surface area contributed by atoms with Gasteiger partial charge in [0.1, 0.15) is 0 Å². The van der Waals surface area contributed by atoms with Gasteiger partial charge >= 0.3 is 0 Å². The van der Waals surface area contributed by atoms with Crippen molar-refractivity contribution < 1.29 is 9.59 Å². The summed E-state index contributed by atoms with van der Waals surface area (Å²) in [4.78, 5) is 34.1. The van der Waals surface area contributed by atoms with Crippen LogP contribution in [0, 0.1) is 34.6 Å². The fraction of sp³-hybridized carbons (Fsp3) is 0.462. The minimum atomic E-state index is -0.0140. The van der Waals surface area contributed by atoms with Gasteiger partial charge in [-0.1, -0.05) is 18.2 Å². The van der Waals surface area contributed by atoms with E-state index >= 15 is 0 Å². The summed E-state index contributed by atoms with van der Waals surface area (Å²) in [6.07, 6.45) is 1.10. The monoisotopic (exact) mass is 462 g/mol. The molecule has 3 aromatic rings. The zero-order chi connectivity index (χ0) is 24.4. The van der Waals surface area contributed by atoms with E-state index in [0.29, 0.717) is 45.6 Å². The predicted molar refractivity (Wildman–Crippen MR) is 133 cm³/mol. The number of nitrogens with one attached hydrogen (secondary N) is 1. The highest BCUT2D eigenvalue weighted by molar-refractivity contribution is 5.93. The van der Waals surface area contributed by atoms with Crippen LogP contribution in [0.3, 0.4) is 0 Å². The molecule has 3 heterocycles. The van der Waals surface area contributed by atoms with E-state index in [9.17, 15) is 9.59 Å². The third kappa shape index (κ3) is 5.12. The smallest absolute Gasteiger partial charge is 0.238 e. The largest absolute Gasteiger partial charge is 0.340 e. The number of carbonyl (C=O) groups excluding carboxylic acids is 2. The van der Waals surface area contributed by atoms with E-state index in [0.717, 1.165) is 45.1 Å². The van der Waals surface area contributed by atoms with Crippen LogP contribution < -0.4 is 5.32 Å².